The molecular formula is C13H17N3. The predicted octanol–water partition coefficient (Wildman–Crippen LogP) is 2.45. The Bertz CT molecular complexity index is 454. The first kappa shape index (κ1) is 10.9. The summed E-state index contributed by atoms with van der Waals surface area (Å²) < 4.78 is 2.03. The van der Waals surface area contributed by atoms with E-state index in [1.54, 1.807) is 6.33 Å². The molecule has 2 rings (SSSR count). The van der Waals surface area contributed by atoms with Gasteiger partial charge in [-0.1, -0.05) is 19.1 Å². The zero-order valence-electron chi connectivity index (χ0n) is 9.72. The minimum atomic E-state index is -0.00616. The monoisotopic (exact) mass is 215 g/mol. The van der Waals surface area contributed by atoms with E-state index in [0.29, 0.717) is 0 Å². The van der Waals surface area contributed by atoms with Gasteiger partial charge in [-0.25, -0.2) is 4.98 Å². The summed E-state index contributed by atoms with van der Waals surface area (Å²) in [6.07, 6.45) is 4.68. The standard InChI is InChI=1S/C13H17N3/c1-3-11-4-6-12(7-5-11)16-9-15-8-13(16)10(2)14/h4-10H,3,14H2,1-2H3/t10-/m0/s1. The lowest BCUT2D eigenvalue weighted by Crippen LogP contribution is -2.10. The van der Waals surface area contributed by atoms with Crippen molar-refractivity contribution in [3.8, 4) is 5.69 Å². The Kier molecular flexibility index (Phi) is 3.06. The minimum Gasteiger partial charge on any atom is -0.323 e. The summed E-state index contributed by atoms with van der Waals surface area (Å²) in [5, 5.41) is 0. The number of hydrogen-bond acceptors (Lipinski definition) is 2. The average Bonchev–Trinajstić information content (AvgIpc) is 2.78. The molecule has 1 atom stereocenters. The summed E-state index contributed by atoms with van der Waals surface area (Å²) in [6.45, 7) is 4.12. The van der Waals surface area contributed by atoms with E-state index in [4.69, 9.17) is 5.73 Å². The zero-order chi connectivity index (χ0) is 11.5. The van der Waals surface area contributed by atoms with Gasteiger partial charge in [-0.3, -0.25) is 0 Å². The summed E-state index contributed by atoms with van der Waals surface area (Å²) in [5.41, 5.74) is 9.38. The summed E-state index contributed by atoms with van der Waals surface area (Å²) in [7, 11) is 0. The largest absolute Gasteiger partial charge is 0.323 e. The Morgan fingerprint density at radius 1 is 1.31 bits per heavy atom. The minimum absolute atomic E-state index is 0.00616. The zero-order valence-corrected chi connectivity index (χ0v) is 9.72. The molecule has 2 aromatic rings. The van der Waals surface area contributed by atoms with Gasteiger partial charge in [-0.05, 0) is 31.0 Å². The lowest BCUT2D eigenvalue weighted by molar-refractivity contribution is 0.752. The Morgan fingerprint density at radius 3 is 2.56 bits per heavy atom. The van der Waals surface area contributed by atoms with Gasteiger partial charge in [-0.15, -0.1) is 0 Å². The molecule has 3 heteroatoms. The van der Waals surface area contributed by atoms with Crippen LogP contribution in [0.3, 0.4) is 0 Å². The summed E-state index contributed by atoms with van der Waals surface area (Å²) in [6, 6.07) is 8.48. The fourth-order valence-corrected chi connectivity index (χ4v) is 1.75. The van der Waals surface area contributed by atoms with Crippen LogP contribution < -0.4 is 5.73 Å². The van der Waals surface area contributed by atoms with Gasteiger partial charge in [0, 0.05) is 11.7 Å². The SMILES string of the molecule is CCc1ccc(-n2cncc2[C@H](C)N)cc1. The van der Waals surface area contributed by atoms with Crippen molar-refractivity contribution in [1.29, 1.82) is 0 Å². The third-order valence-electron chi connectivity index (χ3n) is 2.76. The fourth-order valence-electron chi connectivity index (χ4n) is 1.75. The molecule has 3 nitrogen and oxygen atoms in total. The molecular weight excluding hydrogens is 198 g/mol. The van der Waals surface area contributed by atoms with Crippen LogP contribution in [0.5, 0.6) is 0 Å². The number of rotatable bonds is 3. The second-order valence-corrected chi connectivity index (χ2v) is 4.00. The van der Waals surface area contributed by atoms with Gasteiger partial charge < -0.3 is 10.3 Å². The molecule has 0 aliphatic heterocycles. The lowest BCUT2D eigenvalue weighted by Gasteiger charge is -2.11. The summed E-state index contributed by atoms with van der Waals surface area (Å²) in [4.78, 5) is 4.15. The van der Waals surface area contributed by atoms with Crippen LogP contribution in [-0.4, -0.2) is 9.55 Å². The van der Waals surface area contributed by atoms with Crippen molar-refractivity contribution in [2.24, 2.45) is 5.73 Å². The number of benzene rings is 1. The van der Waals surface area contributed by atoms with E-state index >= 15 is 0 Å². The second kappa shape index (κ2) is 4.49. The molecule has 16 heavy (non-hydrogen) atoms. The van der Waals surface area contributed by atoms with Gasteiger partial charge >= 0.3 is 0 Å². The molecule has 2 N–H and O–H groups in total. The number of hydrogen-bond donors (Lipinski definition) is 1. The summed E-state index contributed by atoms with van der Waals surface area (Å²) >= 11 is 0. The lowest BCUT2D eigenvalue weighted by atomic mass is 10.1. The molecule has 0 saturated carbocycles. The highest BCUT2D eigenvalue weighted by Crippen LogP contribution is 2.16. The van der Waals surface area contributed by atoms with Crippen LogP contribution in [0, 0.1) is 0 Å². The number of aryl methyl sites for hydroxylation is 1. The van der Waals surface area contributed by atoms with E-state index in [2.05, 4.69) is 36.2 Å². The molecule has 0 aliphatic rings. The van der Waals surface area contributed by atoms with E-state index in [0.717, 1.165) is 17.8 Å². The maximum Gasteiger partial charge on any atom is 0.0994 e. The van der Waals surface area contributed by atoms with Crippen LogP contribution in [0.2, 0.25) is 0 Å². The highest BCUT2D eigenvalue weighted by Gasteiger charge is 2.07. The molecule has 0 saturated heterocycles. The Labute approximate surface area is 95.9 Å². The molecule has 0 spiro atoms. The first-order chi connectivity index (χ1) is 7.72. The van der Waals surface area contributed by atoms with Crippen LogP contribution in [0.15, 0.2) is 36.8 Å². The van der Waals surface area contributed by atoms with E-state index in [-0.39, 0.29) is 6.04 Å². The first-order valence-corrected chi connectivity index (χ1v) is 5.59. The van der Waals surface area contributed by atoms with Gasteiger partial charge in [0.1, 0.15) is 0 Å². The van der Waals surface area contributed by atoms with Gasteiger partial charge in [0.25, 0.3) is 0 Å². The van der Waals surface area contributed by atoms with Gasteiger partial charge in [-0.2, -0.15) is 0 Å². The topological polar surface area (TPSA) is 43.8 Å². The van der Waals surface area contributed by atoms with Gasteiger partial charge in [0.2, 0.25) is 0 Å². The third-order valence-corrected chi connectivity index (χ3v) is 2.76. The average molecular weight is 215 g/mol. The maximum absolute atomic E-state index is 5.89. The van der Waals surface area contributed by atoms with Crippen LogP contribution in [0.25, 0.3) is 5.69 Å². The normalized spacial score (nSPS) is 12.7. The molecule has 1 heterocycles. The van der Waals surface area contributed by atoms with E-state index in [9.17, 15) is 0 Å². The predicted molar refractivity (Wildman–Crippen MR) is 65.5 cm³/mol. The van der Waals surface area contributed by atoms with Crippen molar-refractivity contribution in [1.82, 2.24) is 9.55 Å². The van der Waals surface area contributed by atoms with Crippen LogP contribution in [0.4, 0.5) is 0 Å². The molecule has 0 fully saturated rings. The molecule has 0 bridgehead atoms. The molecule has 1 aromatic heterocycles. The Morgan fingerprint density at radius 2 is 2.00 bits per heavy atom. The second-order valence-electron chi connectivity index (χ2n) is 4.00. The van der Waals surface area contributed by atoms with Crippen LogP contribution in [0.1, 0.15) is 31.1 Å². The van der Waals surface area contributed by atoms with Gasteiger partial charge in [0.15, 0.2) is 0 Å². The highest BCUT2D eigenvalue weighted by atomic mass is 15.1. The van der Waals surface area contributed by atoms with E-state index in [1.807, 2.05) is 17.7 Å². The van der Waals surface area contributed by atoms with Crippen molar-refractivity contribution in [2.45, 2.75) is 26.3 Å². The van der Waals surface area contributed by atoms with Crippen molar-refractivity contribution < 1.29 is 0 Å². The van der Waals surface area contributed by atoms with Crippen molar-refractivity contribution in [2.75, 3.05) is 0 Å². The summed E-state index contributed by atoms with van der Waals surface area (Å²) in [5.74, 6) is 0. The maximum atomic E-state index is 5.89. The Hall–Kier alpha value is -1.61. The van der Waals surface area contributed by atoms with Crippen molar-refractivity contribution >= 4 is 0 Å². The third kappa shape index (κ3) is 1.99. The van der Waals surface area contributed by atoms with Crippen LogP contribution in [-0.2, 0) is 6.42 Å². The first-order valence-electron chi connectivity index (χ1n) is 5.59. The molecule has 84 valence electrons. The van der Waals surface area contributed by atoms with E-state index in [1.165, 1.54) is 5.56 Å². The number of imidazole rings is 1. The Balaban J connectivity index is 2.38. The quantitative estimate of drug-likeness (QED) is 0.854. The molecule has 1 aromatic carbocycles. The van der Waals surface area contributed by atoms with Crippen LogP contribution >= 0.6 is 0 Å². The highest BCUT2D eigenvalue weighted by molar-refractivity contribution is 5.36. The van der Waals surface area contributed by atoms with Crippen molar-refractivity contribution in [3.63, 3.8) is 0 Å². The molecule has 0 radical (unpaired) electrons. The van der Waals surface area contributed by atoms with Gasteiger partial charge in [0.05, 0.1) is 18.2 Å². The smallest absolute Gasteiger partial charge is 0.0994 e. The van der Waals surface area contributed by atoms with Crippen molar-refractivity contribution in [3.05, 3.63) is 48.0 Å². The number of nitrogens with zero attached hydrogens (tertiary/aromatic N) is 2. The fraction of sp³-hybridized carbons (Fsp3) is 0.308. The molecule has 0 amide bonds. The number of aromatic nitrogens is 2. The molecule has 0 unspecified atom stereocenters. The molecule has 0 aliphatic carbocycles. The number of nitrogens with two attached hydrogens (primary N) is 1. The van der Waals surface area contributed by atoms with E-state index < -0.39 is 0 Å².